The molecule has 0 unspecified atom stereocenters. The highest BCUT2D eigenvalue weighted by atomic mass is 32.1. The standard InChI is InChI=1S/C19H17N5OS/c1-3-24-17-15(10-20-24)14(18(25)23-19-21-12(2)11-26-19)9-16(22-17)13-7-5-4-6-8-13/h4-11H,3H2,1-2H3,(H,21,23,25). The Morgan fingerprint density at radius 1 is 1.23 bits per heavy atom. The van der Waals surface area contributed by atoms with Crippen molar-refractivity contribution >= 4 is 33.4 Å². The molecule has 0 radical (unpaired) electrons. The first-order valence-corrected chi connectivity index (χ1v) is 9.19. The van der Waals surface area contributed by atoms with Crippen molar-refractivity contribution in [3.05, 3.63) is 59.2 Å². The number of nitrogens with zero attached hydrogens (tertiary/aromatic N) is 4. The highest BCUT2D eigenvalue weighted by molar-refractivity contribution is 7.13. The van der Waals surface area contributed by atoms with Crippen molar-refractivity contribution in [2.45, 2.75) is 20.4 Å². The van der Waals surface area contributed by atoms with Crippen molar-refractivity contribution in [3.8, 4) is 11.3 Å². The summed E-state index contributed by atoms with van der Waals surface area (Å²) in [7, 11) is 0. The largest absolute Gasteiger partial charge is 0.298 e. The van der Waals surface area contributed by atoms with E-state index in [1.807, 2.05) is 55.6 Å². The zero-order valence-electron chi connectivity index (χ0n) is 14.4. The van der Waals surface area contributed by atoms with Crippen LogP contribution in [0.3, 0.4) is 0 Å². The average Bonchev–Trinajstić information content (AvgIpc) is 3.27. The van der Waals surface area contributed by atoms with Gasteiger partial charge < -0.3 is 0 Å². The van der Waals surface area contributed by atoms with Crippen molar-refractivity contribution in [2.24, 2.45) is 0 Å². The number of benzene rings is 1. The molecule has 1 amide bonds. The van der Waals surface area contributed by atoms with Gasteiger partial charge in [0.05, 0.1) is 28.5 Å². The average molecular weight is 363 g/mol. The minimum absolute atomic E-state index is 0.209. The summed E-state index contributed by atoms with van der Waals surface area (Å²) in [6.07, 6.45) is 1.70. The lowest BCUT2D eigenvalue weighted by atomic mass is 10.1. The molecule has 1 N–H and O–H groups in total. The number of fused-ring (bicyclic) bond motifs is 1. The van der Waals surface area contributed by atoms with Crippen LogP contribution in [0.4, 0.5) is 5.13 Å². The highest BCUT2D eigenvalue weighted by Gasteiger charge is 2.18. The first-order valence-electron chi connectivity index (χ1n) is 8.31. The number of rotatable bonds is 4. The Kier molecular flexibility index (Phi) is 4.22. The Bertz CT molecular complexity index is 1080. The van der Waals surface area contributed by atoms with Gasteiger partial charge in [-0.1, -0.05) is 30.3 Å². The molecule has 3 heterocycles. The molecule has 0 aliphatic carbocycles. The van der Waals surface area contributed by atoms with Gasteiger partial charge in [-0.15, -0.1) is 11.3 Å². The Morgan fingerprint density at radius 3 is 2.73 bits per heavy atom. The summed E-state index contributed by atoms with van der Waals surface area (Å²) in [6.45, 7) is 4.58. The summed E-state index contributed by atoms with van der Waals surface area (Å²) in [5, 5.41) is 10.5. The van der Waals surface area contributed by atoms with Crippen LogP contribution in [0.2, 0.25) is 0 Å². The topological polar surface area (TPSA) is 72.7 Å². The second-order valence-corrected chi connectivity index (χ2v) is 6.72. The predicted molar refractivity (Wildman–Crippen MR) is 103 cm³/mol. The predicted octanol–water partition coefficient (Wildman–Crippen LogP) is 4.14. The van der Waals surface area contributed by atoms with Gasteiger partial charge in [-0.25, -0.2) is 14.6 Å². The summed E-state index contributed by atoms with van der Waals surface area (Å²) in [5.41, 5.74) is 3.83. The van der Waals surface area contributed by atoms with Crippen molar-refractivity contribution in [1.29, 1.82) is 0 Å². The molecule has 0 saturated heterocycles. The normalized spacial score (nSPS) is 11.0. The molecular formula is C19H17N5OS. The van der Waals surface area contributed by atoms with Crippen LogP contribution < -0.4 is 5.32 Å². The van der Waals surface area contributed by atoms with E-state index in [0.717, 1.165) is 22.3 Å². The number of carbonyl (C=O) groups is 1. The summed E-state index contributed by atoms with van der Waals surface area (Å²) < 4.78 is 1.80. The number of hydrogen-bond acceptors (Lipinski definition) is 5. The van der Waals surface area contributed by atoms with Gasteiger partial charge in [-0.2, -0.15) is 5.10 Å². The third-order valence-corrected chi connectivity index (χ3v) is 4.94. The number of thiazole rings is 1. The van der Waals surface area contributed by atoms with Crippen LogP contribution in [0.1, 0.15) is 23.0 Å². The van der Waals surface area contributed by atoms with E-state index < -0.39 is 0 Å². The van der Waals surface area contributed by atoms with Crippen LogP contribution in [-0.2, 0) is 6.54 Å². The number of carbonyl (C=O) groups excluding carboxylic acids is 1. The van der Waals surface area contributed by atoms with Gasteiger partial charge in [-0.05, 0) is 19.9 Å². The third kappa shape index (κ3) is 2.97. The quantitative estimate of drug-likeness (QED) is 0.591. The fourth-order valence-electron chi connectivity index (χ4n) is 2.80. The number of amides is 1. The molecule has 0 aliphatic rings. The molecule has 6 nitrogen and oxygen atoms in total. The van der Waals surface area contributed by atoms with E-state index in [0.29, 0.717) is 22.9 Å². The second kappa shape index (κ2) is 6.68. The molecular weight excluding hydrogens is 346 g/mol. The summed E-state index contributed by atoms with van der Waals surface area (Å²) in [6, 6.07) is 11.6. The maximum Gasteiger partial charge on any atom is 0.258 e. The van der Waals surface area contributed by atoms with E-state index >= 15 is 0 Å². The monoisotopic (exact) mass is 363 g/mol. The van der Waals surface area contributed by atoms with Crippen LogP contribution in [-0.4, -0.2) is 25.7 Å². The molecule has 0 saturated carbocycles. The fraction of sp³-hybridized carbons (Fsp3) is 0.158. The molecule has 4 rings (SSSR count). The molecule has 0 spiro atoms. The van der Waals surface area contributed by atoms with Crippen molar-refractivity contribution in [1.82, 2.24) is 19.7 Å². The fourth-order valence-corrected chi connectivity index (χ4v) is 3.48. The van der Waals surface area contributed by atoms with E-state index in [1.54, 1.807) is 10.9 Å². The van der Waals surface area contributed by atoms with E-state index in [2.05, 4.69) is 15.4 Å². The minimum atomic E-state index is -0.209. The molecule has 0 bridgehead atoms. The molecule has 26 heavy (non-hydrogen) atoms. The number of pyridine rings is 1. The molecule has 0 atom stereocenters. The Hall–Kier alpha value is -3.06. The number of aromatic nitrogens is 4. The van der Waals surface area contributed by atoms with E-state index in [1.165, 1.54) is 11.3 Å². The molecule has 130 valence electrons. The lowest BCUT2D eigenvalue weighted by Gasteiger charge is -2.08. The Labute approximate surface area is 154 Å². The van der Waals surface area contributed by atoms with Gasteiger partial charge in [0.25, 0.3) is 5.91 Å². The summed E-state index contributed by atoms with van der Waals surface area (Å²) in [5.74, 6) is -0.209. The van der Waals surface area contributed by atoms with Crippen LogP contribution in [0.15, 0.2) is 48.0 Å². The van der Waals surface area contributed by atoms with Crippen molar-refractivity contribution in [2.75, 3.05) is 5.32 Å². The van der Waals surface area contributed by atoms with Crippen molar-refractivity contribution in [3.63, 3.8) is 0 Å². The minimum Gasteiger partial charge on any atom is -0.298 e. The van der Waals surface area contributed by atoms with Crippen molar-refractivity contribution < 1.29 is 4.79 Å². The lowest BCUT2D eigenvalue weighted by Crippen LogP contribution is -2.13. The van der Waals surface area contributed by atoms with Crippen LogP contribution in [0, 0.1) is 6.92 Å². The van der Waals surface area contributed by atoms with Gasteiger partial charge in [0.1, 0.15) is 0 Å². The van der Waals surface area contributed by atoms with Crippen LogP contribution in [0.5, 0.6) is 0 Å². The maximum atomic E-state index is 12.9. The third-order valence-electron chi connectivity index (χ3n) is 4.06. The molecule has 0 fully saturated rings. The first kappa shape index (κ1) is 16.4. The van der Waals surface area contributed by atoms with Gasteiger partial charge in [0.15, 0.2) is 10.8 Å². The molecule has 0 aliphatic heterocycles. The SMILES string of the molecule is CCn1ncc2c(C(=O)Nc3nc(C)cs3)cc(-c3ccccc3)nc21. The molecule has 7 heteroatoms. The second-order valence-electron chi connectivity index (χ2n) is 5.87. The number of anilines is 1. The van der Waals surface area contributed by atoms with Gasteiger partial charge in [0.2, 0.25) is 0 Å². The van der Waals surface area contributed by atoms with E-state index in [9.17, 15) is 4.79 Å². The highest BCUT2D eigenvalue weighted by Crippen LogP contribution is 2.26. The van der Waals surface area contributed by atoms with E-state index in [-0.39, 0.29) is 5.91 Å². The van der Waals surface area contributed by atoms with Gasteiger partial charge in [-0.3, -0.25) is 10.1 Å². The van der Waals surface area contributed by atoms with Gasteiger partial charge >= 0.3 is 0 Å². The Morgan fingerprint density at radius 2 is 2.04 bits per heavy atom. The number of hydrogen-bond donors (Lipinski definition) is 1. The zero-order chi connectivity index (χ0) is 18.1. The summed E-state index contributed by atoms with van der Waals surface area (Å²) >= 11 is 1.41. The Balaban J connectivity index is 1.84. The van der Waals surface area contributed by atoms with Gasteiger partial charge in [0, 0.05) is 17.5 Å². The number of nitrogens with one attached hydrogen (secondary N) is 1. The summed E-state index contributed by atoms with van der Waals surface area (Å²) in [4.78, 5) is 22.0. The van der Waals surface area contributed by atoms with E-state index in [4.69, 9.17) is 4.98 Å². The number of aryl methyl sites for hydroxylation is 2. The maximum absolute atomic E-state index is 12.9. The molecule has 3 aromatic heterocycles. The van der Waals surface area contributed by atoms with Crippen LogP contribution in [0.25, 0.3) is 22.3 Å². The zero-order valence-corrected chi connectivity index (χ0v) is 15.2. The molecule has 1 aromatic carbocycles. The smallest absolute Gasteiger partial charge is 0.258 e. The first-order chi connectivity index (χ1) is 12.7. The molecule has 4 aromatic rings. The van der Waals surface area contributed by atoms with Crippen LogP contribution >= 0.6 is 11.3 Å². The lowest BCUT2D eigenvalue weighted by molar-refractivity contribution is 0.102.